The highest BCUT2D eigenvalue weighted by atomic mass is 16.5. The van der Waals surface area contributed by atoms with Crippen LogP contribution < -0.4 is 10.1 Å². The molecule has 0 saturated carbocycles. The summed E-state index contributed by atoms with van der Waals surface area (Å²) in [5.74, 6) is 0.764. The molecule has 25 heavy (non-hydrogen) atoms. The van der Waals surface area contributed by atoms with Crippen LogP contribution in [0.25, 0.3) is 22.2 Å². The molecule has 0 spiro atoms. The summed E-state index contributed by atoms with van der Waals surface area (Å²) >= 11 is 0. The minimum Gasteiger partial charge on any atom is -0.494 e. The van der Waals surface area contributed by atoms with E-state index in [4.69, 9.17) is 9.72 Å². The van der Waals surface area contributed by atoms with Crippen LogP contribution in [-0.2, 0) is 0 Å². The van der Waals surface area contributed by atoms with Crippen molar-refractivity contribution < 1.29 is 9.53 Å². The first-order chi connectivity index (χ1) is 12.2. The van der Waals surface area contributed by atoms with Gasteiger partial charge in [0.25, 0.3) is 5.91 Å². The van der Waals surface area contributed by atoms with Gasteiger partial charge >= 0.3 is 0 Å². The molecule has 1 heterocycles. The second kappa shape index (κ2) is 7.79. The topological polar surface area (TPSA) is 51.2 Å². The van der Waals surface area contributed by atoms with Gasteiger partial charge in [-0.3, -0.25) is 4.79 Å². The number of carbonyl (C=O) groups is 1. The van der Waals surface area contributed by atoms with Crippen LogP contribution in [-0.4, -0.2) is 24.0 Å². The lowest BCUT2D eigenvalue weighted by molar-refractivity contribution is 0.0955. The van der Waals surface area contributed by atoms with Crippen molar-refractivity contribution in [2.75, 3.05) is 13.2 Å². The molecule has 128 valence electrons. The zero-order chi connectivity index (χ0) is 17.6. The number of hydrogen-bond donors (Lipinski definition) is 1. The van der Waals surface area contributed by atoms with E-state index < -0.39 is 0 Å². The van der Waals surface area contributed by atoms with Crippen molar-refractivity contribution >= 4 is 16.8 Å². The van der Waals surface area contributed by atoms with Crippen LogP contribution in [0.3, 0.4) is 0 Å². The highest BCUT2D eigenvalue weighted by Gasteiger charge is 2.13. The normalized spacial score (nSPS) is 10.6. The van der Waals surface area contributed by atoms with E-state index in [0.29, 0.717) is 18.7 Å². The number of para-hydroxylation sites is 1. The number of rotatable bonds is 6. The Hall–Kier alpha value is -2.88. The number of carbonyl (C=O) groups excluding carboxylic acids is 1. The summed E-state index contributed by atoms with van der Waals surface area (Å²) in [5.41, 5.74) is 3.21. The Kier molecular flexibility index (Phi) is 5.29. The predicted molar refractivity (Wildman–Crippen MR) is 101 cm³/mol. The van der Waals surface area contributed by atoms with Gasteiger partial charge in [-0.25, -0.2) is 4.98 Å². The first-order valence-electron chi connectivity index (χ1n) is 8.64. The van der Waals surface area contributed by atoms with Crippen molar-refractivity contribution in [2.45, 2.75) is 20.3 Å². The van der Waals surface area contributed by atoms with Gasteiger partial charge in [0.1, 0.15) is 5.75 Å². The molecule has 1 N–H and O–H groups in total. The maximum atomic E-state index is 12.6. The summed E-state index contributed by atoms with van der Waals surface area (Å²) in [7, 11) is 0. The average molecular weight is 334 g/mol. The average Bonchev–Trinajstić information content (AvgIpc) is 2.66. The van der Waals surface area contributed by atoms with Crippen LogP contribution in [0, 0.1) is 0 Å². The van der Waals surface area contributed by atoms with Crippen LogP contribution in [0.15, 0.2) is 54.6 Å². The first kappa shape index (κ1) is 17.0. The zero-order valence-corrected chi connectivity index (χ0v) is 14.6. The van der Waals surface area contributed by atoms with E-state index in [1.54, 1.807) is 0 Å². The van der Waals surface area contributed by atoms with Crippen molar-refractivity contribution in [1.29, 1.82) is 0 Å². The molecule has 0 unspecified atom stereocenters. The van der Waals surface area contributed by atoms with Crippen LogP contribution in [0.1, 0.15) is 30.6 Å². The smallest absolute Gasteiger partial charge is 0.252 e. The summed E-state index contributed by atoms with van der Waals surface area (Å²) in [6.07, 6.45) is 0.903. The summed E-state index contributed by atoms with van der Waals surface area (Å²) in [6, 6.07) is 17.4. The molecule has 3 aromatic rings. The second-order valence-corrected chi connectivity index (χ2v) is 5.79. The van der Waals surface area contributed by atoms with Crippen LogP contribution in [0.2, 0.25) is 0 Å². The van der Waals surface area contributed by atoms with Gasteiger partial charge < -0.3 is 10.1 Å². The summed E-state index contributed by atoms with van der Waals surface area (Å²) in [5, 5.41) is 3.83. The number of ether oxygens (including phenoxy) is 1. The van der Waals surface area contributed by atoms with Gasteiger partial charge in [-0.15, -0.1) is 0 Å². The molecular formula is C21H22N2O2. The molecule has 4 heteroatoms. The van der Waals surface area contributed by atoms with Gasteiger partial charge in [-0.05, 0) is 49.7 Å². The maximum Gasteiger partial charge on any atom is 0.252 e. The van der Waals surface area contributed by atoms with E-state index in [9.17, 15) is 4.79 Å². The number of aromatic nitrogens is 1. The molecule has 1 aromatic heterocycles. The van der Waals surface area contributed by atoms with Gasteiger partial charge in [0, 0.05) is 17.5 Å². The number of benzene rings is 2. The third kappa shape index (κ3) is 3.79. The molecule has 1 amide bonds. The fourth-order valence-electron chi connectivity index (χ4n) is 2.73. The number of pyridine rings is 1. The largest absolute Gasteiger partial charge is 0.494 e. The molecule has 0 aliphatic heterocycles. The number of nitrogens with zero attached hydrogens (tertiary/aromatic N) is 1. The Labute approximate surface area is 147 Å². The van der Waals surface area contributed by atoms with E-state index in [0.717, 1.165) is 34.3 Å². The molecule has 0 atom stereocenters. The Bertz CT molecular complexity index is 873. The van der Waals surface area contributed by atoms with Crippen molar-refractivity contribution in [3.05, 3.63) is 60.2 Å². The van der Waals surface area contributed by atoms with E-state index in [-0.39, 0.29) is 5.91 Å². The highest BCUT2D eigenvalue weighted by Crippen LogP contribution is 2.26. The molecular weight excluding hydrogens is 312 g/mol. The third-order valence-corrected chi connectivity index (χ3v) is 3.96. The standard InChI is InChI=1S/C21H22N2O2/c1-3-13-22-21(24)18-14-20(23-19-8-6-5-7-17(18)19)15-9-11-16(12-10-15)25-4-2/h5-12,14H,3-4,13H2,1-2H3,(H,22,24). The number of hydrogen-bond acceptors (Lipinski definition) is 3. The van der Waals surface area contributed by atoms with Gasteiger partial charge in [-0.1, -0.05) is 25.1 Å². The molecule has 3 rings (SSSR count). The number of fused-ring (bicyclic) bond motifs is 1. The Morgan fingerprint density at radius 3 is 2.56 bits per heavy atom. The van der Waals surface area contributed by atoms with Gasteiger partial charge in [0.15, 0.2) is 0 Å². The lowest BCUT2D eigenvalue weighted by atomic mass is 10.0. The van der Waals surface area contributed by atoms with Crippen molar-refractivity contribution in [3.8, 4) is 17.0 Å². The second-order valence-electron chi connectivity index (χ2n) is 5.79. The molecule has 0 aliphatic carbocycles. The lowest BCUT2D eigenvalue weighted by Gasteiger charge is -2.11. The minimum absolute atomic E-state index is 0.0624. The maximum absolute atomic E-state index is 12.6. The summed E-state index contributed by atoms with van der Waals surface area (Å²) in [6.45, 7) is 5.29. The quantitative estimate of drug-likeness (QED) is 0.725. The van der Waals surface area contributed by atoms with Crippen LogP contribution >= 0.6 is 0 Å². The molecule has 0 aliphatic rings. The van der Waals surface area contributed by atoms with Gasteiger partial charge in [0.2, 0.25) is 0 Å². The van der Waals surface area contributed by atoms with Gasteiger partial charge in [0.05, 0.1) is 23.4 Å². The van der Waals surface area contributed by atoms with Crippen molar-refractivity contribution in [3.63, 3.8) is 0 Å². The van der Waals surface area contributed by atoms with Gasteiger partial charge in [-0.2, -0.15) is 0 Å². The fourth-order valence-corrected chi connectivity index (χ4v) is 2.73. The highest BCUT2D eigenvalue weighted by molar-refractivity contribution is 6.07. The molecule has 2 aromatic carbocycles. The minimum atomic E-state index is -0.0624. The number of nitrogens with one attached hydrogen (secondary N) is 1. The first-order valence-corrected chi connectivity index (χ1v) is 8.64. The monoisotopic (exact) mass is 334 g/mol. The molecule has 0 bridgehead atoms. The van der Waals surface area contributed by atoms with Crippen LogP contribution in [0.4, 0.5) is 0 Å². The van der Waals surface area contributed by atoms with Crippen molar-refractivity contribution in [1.82, 2.24) is 10.3 Å². The molecule has 0 fully saturated rings. The lowest BCUT2D eigenvalue weighted by Crippen LogP contribution is -2.24. The van der Waals surface area contributed by atoms with Crippen molar-refractivity contribution in [2.24, 2.45) is 0 Å². The molecule has 0 radical (unpaired) electrons. The summed E-state index contributed by atoms with van der Waals surface area (Å²) < 4.78 is 5.49. The zero-order valence-electron chi connectivity index (χ0n) is 14.6. The van der Waals surface area contributed by atoms with E-state index in [1.807, 2.05) is 68.4 Å². The summed E-state index contributed by atoms with van der Waals surface area (Å²) in [4.78, 5) is 17.3. The predicted octanol–water partition coefficient (Wildman–Crippen LogP) is 4.44. The molecule has 4 nitrogen and oxygen atoms in total. The SMILES string of the molecule is CCCNC(=O)c1cc(-c2ccc(OCC)cc2)nc2ccccc12. The molecule has 0 saturated heterocycles. The number of amides is 1. The third-order valence-electron chi connectivity index (χ3n) is 3.96. The Morgan fingerprint density at radius 2 is 1.84 bits per heavy atom. The van der Waals surface area contributed by atoms with E-state index in [1.165, 1.54) is 0 Å². The Balaban J connectivity index is 2.05. The fraction of sp³-hybridized carbons (Fsp3) is 0.238. The Morgan fingerprint density at radius 1 is 1.08 bits per heavy atom. The van der Waals surface area contributed by atoms with E-state index >= 15 is 0 Å². The van der Waals surface area contributed by atoms with E-state index in [2.05, 4.69) is 5.32 Å². The van der Waals surface area contributed by atoms with Crippen LogP contribution in [0.5, 0.6) is 5.75 Å².